The fourth-order valence-electron chi connectivity index (χ4n) is 4.17. The smallest absolute Gasteiger partial charge is 0.282 e. The van der Waals surface area contributed by atoms with Gasteiger partial charge in [0.05, 0.1) is 11.3 Å². The standard InChI is InChI=1S/C27H24N2O4/c1-16-4-7-19(8-5-16)24-25(28-20-9-11-22-23(15-20)33-13-12-32-22)27(31)29(26(24)30)21-10-6-17(2)14-18(21)3/h4-11,14-15,28H,12-13H2,1-3H3. The molecule has 0 aliphatic carbocycles. The first-order chi connectivity index (χ1) is 15.9. The molecule has 0 aromatic heterocycles. The van der Waals surface area contributed by atoms with Crippen LogP contribution in [-0.2, 0) is 9.59 Å². The van der Waals surface area contributed by atoms with E-state index in [1.807, 2.05) is 69.3 Å². The molecule has 33 heavy (non-hydrogen) atoms. The number of amides is 2. The van der Waals surface area contributed by atoms with Gasteiger partial charge in [-0.3, -0.25) is 9.59 Å². The van der Waals surface area contributed by atoms with Crippen molar-refractivity contribution in [1.29, 1.82) is 0 Å². The second-order valence-electron chi connectivity index (χ2n) is 8.34. The van der Waals surface area contributed by atoms with Gasteiger partial charge in [0.2, 0.25) is 0 Å². The van der Waals surface area contributed by atoms with Crippen LogP contribution in [-0.4, -0.2) is 25.0 Å². The summed E-state index contributed by atoms with van der Waals surface area (Å²) in [6.07, 6.45) is 0. The first-order valence-electron chi connectivity index (χ1n) is 10.9. The summed E-state index contributed by atoms with van der Waals surface area (Å²) in [6, 6.07) is 18.7. The van der Waals surface area contributed by atoms with Gasteiger partial charge in [-0.1, -0.05) is 47.5 Å². The number of hydrogen-bond acceptors (Lipinski definition) is 5. The van der Waals surface area contributed by atoms with Gasteiger partial charge < -0.3 is 14.8 Å². The van der Waals surface area contributed by atoms with Gasteiger partial charge in [-0.25, -0.2) is 4.90 Å². The fraction of sp³-hybridized carbons (Fsp3) is 0.185. The van der Waals surface area contributed by atoms with Crippen molar-refractivity contribution in [2.45, 2.75) is 20.8 Å². The van der Waals surface area contributed by atoms with Crippen LogP contribution in [0.2, 0.25) is 0 Å². The van der Waals surface area contributed by atoms with Gasteiger partial charge in [0, 0.05) is 11.8 Å². The SMILES string of the molecule is Cc1ccc(C2=C(Nc3ccc4c(c3)OCCO4)C(=O)N(c3ccc(C)cc3C)C2=O)cc1. The molecule has 5 rings (SSSR count). The number of fused-ring (bicyclic) bond motifs is 1. The number of aryl methyl sites for hydroxylation is 3. The number of rotatable bonds is 4. The van der Waals surface area contributed by atoms with Crippen LogP contribution < -0.4 is 19.7 Å². The molecule has 3 aromatic carbocycles. The lowest BCUT2D eigenvalue weighted by atomic mass is 10.0. The molecule has 0 saturated carbocycles. The number of anilines is 2. The quantitative estimate of drug-likeness (QED) is 0.592. The highest BCUT2D eigenvalue weighted by Gasteiger charge is 2.40. The van der Waals surface area contributed by atoms with E-state index < -0.39 is 5.91 Å². The first kappa shape index (κ1) is 20.8. The Labute approximate surface area is 192 Å². The van der Waals surface area contributed by atoms with E-state index >= 15 is 0 Å². The van der Waals surface area contributed by atoms with Crippen molar-refractivity contribution in [1.82, 2.24) is 0 Å². The molecule has 6 heteroatoms. The summed E-state index contributed by atoms with van der Waals surface area (Å²) in [5.41, 5.74) is 5.49. The van der Waals surface area contributed by atoms with Crippen molar-refractivity contribution in [2.75, 3.05) is 23.4 Å². The van der Waals surface area contributed by atoms with E-state index in [-0.39, 0.29) is 11.6 Å². The summed E-state index contributed by atoms with van der Waals surface area (Å²) in [4.78, 5) is 28.5. The van der Waals surface area contributed by atoms with Gasteiger partial charge in [0.25, 0.3) is 11.8 Å². The van der Waals surface area contributed by atoms with Gasteiger partial charge >= 0.3 is 0 Å². The molecule has 1 N–H and O–H groups in total. The normalized spacial score (nSPS) is 15.3. The maximum atomic E-state index is 13.6. The van der Waals surface area contributed by atoms with Crippen LogP contribution in [0, 0.1) is 20.8 Å². The summed E-state index contributed by atoms with van der Waals surface area (Å²) in [6.45, 7) is 6.83. The molecule has 0 unspecified atom stereocenters. The van der Waals surface area contributed by atoms with Gasteiger partial charge in [-0.05, 0) is 50.1 Å². The maximum absolute atomic E-state index is 13.6. The van der Waals surface area contributed by atoms with E-state index in [0.717, 1.165) is 16.7 Å². The molecular weight excluding hydrogens is 416 g/mol. The molecule has 0 saturated heterocycles. The number of carbonyl (C=O) groups is 2. The van der Waals surface area contributed by atoms with E-state index in [9.17, 15) is 9.59 Å². The lowest BCUT2D eigenvalue weighted by Crippen LogP contribution is -2.33. The van der Waals surface area contributed by atoms with E-state index in [1.165, 1.54) is 4.90 Å². The Hall–Kier alpha value is -4.06. The van der Waals surface area contributed by atoms with E-state index in [1.54, 1.807) is 12.1 Å². The topological polar surface area (TPSA) is 67.9 Å². The second-order valence-corrected chi connectivity index (χ2v) is 8.34. The van der Waals surface area contributed by atoms with Gasteiger partial charge in [-0.15, -0.1) is 0 Å². The molecule has 2 heterocycles. The summed E-state index contributed by atoms with van der Waals surface area (Å²) >= 11 is 0. The Morgan fingerprint density at radius 1 is 0.758 bits per heavy atom. The minimum Gasteiger partial charge on any atom is -0.486 e. The molecule has 2 aliphatic rings. The van der Waals surface area contributed by atoms with Crippen molar-refractivity contribution in [3.05, 3.63) is 88.6 Å². The van der Waals surface area contributed by atoms with E-state index in [0.29, 0.717) is 47.2 Å². The number of nitrogens with zero attached hydrogens (tertiary/aromatic N) is 1. The van der Waals surface area contributed by atoms with Gasteiger partial charge in [0.1, 0.15) is 18.9 Å². The number of ether oxygens (including phenoxy) is 2. The van der Waals surface area contributed by atoms with Crippen LogP contribution in [0.1, 0.15) is 22.3 Å². The van der Waals surface area contributed by atoms with Crippen LogP contribution >= 0.6 is 0 Å². The molecule has 3 aromatic rings. The van der Waals surface area contributed by atoms with Crippen LogP contribution in [0.25, 0.3) is 5.57 Å². The lowest BCUT2D eigenvalue weighted by molar-refractivity contribution is -0.120. The molecular formula is C27H24N2O4. The highest BCUT2D eigenvalue weighted by Crippen LogP contribution is 2.37. The number of imide groups is 1. The molecule has 0 atom stereocenters. The van der Waals surface area contributed by atoms with Crippen molar-refractivity contribution < 1.29 is 19.1 Å². The summed E-state index contributed by atoms with van der Waals surface area (Å²) in [5, 5.41) is 3.20. The minimum atomic E-state index is -0.391. The number of benzene rings is 3. The van der Waals surface area contributed by atoms with E-state index in [2.05, 4.69) is 5.32 Å². The fourth-order valence-corrected chi connectivity index (χ4v) is 4.17. The van der Waals surface area contributed by atoms with Crippen molar-refractivity contribution >= 4 is 28.8 Å². The summed E-state index contributed by atoms with van der Waals surface area (Å²) in [7, 11) is 0. The highest BCUT2D eigenvalue weighted by atomic mass is 16.6. The zero-order valence-electron chi connectivity index (χ0n) is 18.8. The Bertz CT molecular complexity index is 1310. The largest absolute Gasteiger partial charge is 0.486 e. The Morgan fingerprint density at radius 3 is 2.18 bits per heavy atom. The van der Waals surface area contributed by atoms with E-state index in [4.69, 9.17) is 9.47 Å². The minimum absolute atomic E-state index is 0.237. The third-order valence-electron chi connectivity index (χ3n) is 5.83. The van der Waals surface area contributed by atoms with Crippen LogP contribution in [0.5, 0.6) is 11.5 Å². The Kier molecular flexibility index (Phi) is 5.13. The highest BCUT2D eigenvalue weighted by molar-refractivity contribution is 6.46. The monoisotopic (exact) mass is 440 g/mol. The zero-order chi connectivity index (χ0) is 23.1. The molecule has 0 bridgehead atoms. The molecule has 166 valence electrons. The molecule has 2 amide bonds. The number of nitrogens with one attached hydrogen (secondary N) is 1. The van der Waals surface area contributed by atoms with Crippen LogP contribution in [0.4, 0.5) is 11.4 Å². The number of carbonyl (C=O) groups excluding carboxylic acids is 2. The molecule has 2 aliphatic heterocycles. The third-order valence-corrected chi connectivity index (χ3v) is 5.83. The molecule has 0 radical (unpaired) electrons. The molecule has 0 fully saturated rings. The maximum Gasteiger partial charge on any atom is 0.282 e. The predicted octanol–water partition coefficient (Wildman–Crippen LogP) is 4.78. The molecule has 6 nitrogen and oxygen atoms in total. The predicted molar refractivity (Wildman–Crippen MR) is 128 cm³/mol. The van der Waals surface area contributed by atoms with Crippen molar-refractivity contribution in [2.24, 2.45) is 0 Å². The van der Waals surface area contributed by atoms with Gasteiger partial charge in [-0.2, -0.15) is 0 Å². The lowest BCUT2D eigenvalue weighted by Gasteiger charge is -2.20. The van der Waals surface area contributed by atoms with Crippen molar-refractivity contribution in [3.8, 4) is 11.5 Å². The van der Waals surface area contributed by atoms with Crippen LogP contribution in [0.3, 0.4) is 0 Å². The Balaban J connectivity index is 1.59. The molecule has 0 spiro atoms. The third kappa shape index (κ3) is 3.74. The Morgan fingerprint density at radius 2 is 1.45 bits per heavy atom. The average Bonchev–Trinajstić information content (AvgIpc) is 3.04. The van der Waals surface area contributed by atoms with Crippen LogP contribution in [0.15, 0.2) is 66.4 Å². The van der Waals surface area contributed by atoms with Crippen molar-refractivity contribution in [3.63, 3.8) is 0 Å². The number of hydrogen-bond donors (Lipinski definition) is 1. The zero-order valence-corrected chi connectivity index (χ0v) is 18.8. The summed E-state index contributed by atoms with van der Waals surface area (Å²) in [5.74, 6) is 0.519. The summed E-state index contributed by atoms with van der Waals surface area (Å²) < 4.78 is 11.3. The second kappa shape index (κ2) is 8.13. The first-order valence-corrected chi connectivity index (χ1v) is 10.9. The average molecular weight is 440 g/mol. The van der Waals surface area contributed by atoms with Gasteiger partial charge in [0.15, 0.2) is 11.5 Å².